The van der Waals surface area contributed by atoms with Gasteiger partial charge < -0.3 is 11.2 Å². The molecule has 0 spiro atoms. The summed E-state index contributed by atoms with van der Waals surface area (Å²) in [5.74, 6) is 6.48. The maximum Gasteiger partial charge on any atom is 0.237 e. The fourth-order valence-electron chi connectivity index (χ4n) is 2.81. The van der Waals surface area contributed by atoms with Gasteiger partial charge in [-0.15, -0.1) is 10.2 Å². The zero-order chi connectivity index (χ0) is 21.9. The van der Waals surface area contributed by atoms with Crippen molar-refractivity contribution < 1.29 is 4.79 Å². The molecule has 154 valence electrons. The van der Waals surface area contributed by atoms with Crippen molar-refractivity contribution in [3.8, 4) is 17.5 Å². The van der Waals surface area contributed by atoms with Crippen LogP contribution in [0.2, 0.25) is 0 Å². The summed E-state index contributed by atoms with van der Waals surface area (Å²) >= 11 is 1.20. The minimum Gasteiger partial charge on any atom is -0.335 e. The number of aromatic nitrogens is 3. The number of hydrogen-bond donors (Lipinski definition) is 2. The predicted octanol–water partition coefficient (Wildman–Crippen LogP) is 3.95. The topological polar surface area (TPSA) is 110 Å². The number of benzene rings is 2. The van der Waals surface area contributed by atoms with Crippen LogP contribution in [0.3, 0.4) is 0 Å². The molecule has 1 amide bonds. The Hall–Kier alpha value is -3.31. The molecule has 2 aromatic carbocycles. The van der Waals surface area contributed by atoms with Gasteiger partial charge in [0.05, 0.1) is 16.5 Å². The van der Waals surface area contributed by atoms with Gasteiger partial charge in [-0.05, 0) is 30.0 Å². The molecule has 0 aliphatic carbocycles. The van der Waals surface area contributed by atoms with Crippen molar-refractivity contribution in [1.29, 1.82) is 5.26 Å². The number of amides is 1. The number of hydrogen-bond acceptors (Lipinski definition) is 6. The monoisotopic (exact) mass is 420 g/mol. The van der Waals surface area contributed by atoms with Crippen LogP contribution in [-0.4, -0.2) is 26.0 Å². The van der Waals surface area contributed by atoms with Gasteiger partial charge in [-0.1, -0.05) is 68.9 Å². The number of carbonyl (C=O) groups is 1. The smallest absolute Gasteiger partial charge is 0.237 e. The highest BCUT2D eigenvalue weighted by Gasteiger charge is 2.21. The van der Waals surface area contributed by atoms with E-state index in [0.29, 0.717) is 22.2 Å². The highest BCUT2D eigenvalue weighted by atomic mass is 32.2. The van der Waals surface area contributed by atoms with Crippen molar-refractivity contribution in [2.75, 3.05) is 11.2 Å². The maximum atomic E-state index is 12.6. The number of nitriles is 1. The predicted molar refractivity (Wildman–Crippen MR) is 119 cm³/mol. The van der Waals surface area contributed by atoms with Crippen LogP contribution < -0.4 is 11.2 Å². The number of thioether (sulfide) groups is 1. The molecule has 0 aliphatic rings. The van der Waals surface area contributed by atoms with E-state index in [2.05, 4.69) is 54.5 Å². The highest BCUT2D eigenvalue weighted by molar-refractivity contribution is 8.00. The molecule has 0 radical (unpaired) electrons. The van der Waals surface area contributed by atoms with Gasteiger partial charge in [-0.25, -0.2) is 4.68 Å². The van der Waals surface area contributed by atoms with Crippen molar-refractivity contribution in [3.05, 3.63) is 59.7 Å². The fourth-order valence-corrected chi connectivity index (χ4v) is 3.58. The third kappa shape index (κ3) is 4.63. The van der Waals surface area contributed by atoms with E-state index in [1.165, 1.54) is 22.0 Å². The van der Waals surface area contributed by atoms with Crippen molar-refractivity contribution in [3.63, 3.8) is 0 Å². The Bertz CT molecular complexity index is 1090. The Labute approximate surface area is 180 Å². The first-order valence-corrected chi connectivity index (χ1v) is 10.4. The number of rotatable bonds is 5. The maximum absolute atomic E-state index is 12.6. The summed E-state index contributed by atoms with van der Waals surface area (Å²) in [6.07, 6.45) is 0. The molecular formula is C22H24N6OS. The summed E-state index contributed by atoms with van der Waals surface area (Å²) in [7, 11) is 0. The van der Waals surface area contributed by atoms with Gasteiger partial charge in [0.25, 0.3) is 0 Å². The molecule has 7 nitrogen and oxygen atoms in total. The minimum atomic E-state index is -0.487. The van der Waals surface area contributed by atoms with Gasteiger partial charge in [0.2, 0.25) is 11.1 Å². The van der Waals surface area contributed by atoms with Crippen molar-refractivity contribution in [1.82, 2.24) is 14.9 Å². The Morgan fingerprint density at radius 1 is 1.17 bits per heavy atom. The van der Waals surface area contributed by atoms with Crippen molar-refractivity contribution in [2.45, 2.75) is 43.5 Å². The fraction of sp³-hybridized carbons (Fsp3) is 0.273. The molecule has 8 heteroatoms. The van der Waals surface area contributed by atoms with Crippen molar-refractivity contribution >= 4 is 23.4 Å². The number of nitrogens with zero attached hydrogens (tertiary/aromatic N) is 4. The van der Waals surface area contributed by atoms with Gasteiger partial charge in [0.1, 0.15) is 6.07 Å². The molecule has 1 heterocycles. The molecule has 3 N–H and O–H groups in total. The summed E-state index contributed by atoms with van der Waals surface area (Å²) in [6.45, 7) is 8.22. The second-order valence-corrected chi connectivity index (χ2v) is 9.22. The van der Waals surface area contributed by atoms with E-state index in [0.717, 1.165) is 5.56 Å². The summed E-state index contributed by atoms with van der Waals surface area (Å²) in [5, 5.41) is 20.2. The van der Waals surface area contributed by atoms with E-state index < -0.39 is 5.25 Å². The standard InChI is InChI=1S/C22H24N6OS/c1-14(20(29)25-18-8-6-5-7-16(18)13-23)30-21-27-26-19(28(21)24)15-9-11-17(12-10-15)22(2,3)4/h5-12,14H,24H2,1-4H3,(H,25,29). The molecule has 3 rings (SSSR count). The Balaban J connectivity index is 1.73. The van der Waals surface area contributed by atoms with Crippen LogP contribution in [0.1, 0.15) is 38.8 Å². The molecule has 1 aromatic heterocycles. The third-order valence-electron chi connectivity index (χ3n) is 4.63. The number of nitrogen functional groups attached to an aromatic ring is 1. The summed E-state index contributed by atoms with van der Waals surface area (Å²) in [6, 6.07) is 17.0. The third-order valence-corrected chi connectivity index (χ3v) is 5.69. The van der Waals surface area contributed by atoms with Crippen LogP contribution in [0, 0.1) is 11.3 Å². The molecule has 0 fully saturated rings. The lowest BCUT2D eigenvalue weighted by atomic mass is 9.87. The lowest BCUT2D eigenvalue weighted by molar-refractivity contribution is -0.115. The molecule has 1 unspecified atom stereocenters. The van der Waals surface area contributed by atoms with E-state index in [9.17, 15) is 4.79 Å². The molecule has 3 aromatic rings. The molecule has 0 saturated carbocycles. The molecular weight excluding hydrogens is 396 g/mol. The number of carbonyl (C=O) groups excluding carboxylic acids is 1. The van der Waals surface area contributed by atoms with E-state index >= 15 is 0 Å². The number of nitrogens with two attached hydrogens (primary N) is 1. The van der Waals surface area contributed by atoms with E-state index in [1.54, 1.807) is 31.2 Å². The molecule has 30 heavy (non-hydrogen) atoms. The van der Waals surface area contributed by atoms with E-state index in [4.69, 9.17) is 11.1 Å². The van der Waals surface area contributed by atoms with Crippen LogP contribution in [0.4, 0.5) is 5.69 Å². The lowest BCUT2D eigenvalue weighted by Gasteiger charge is -2.19. The Kier molecular flexibility index (Phi) is 6.13. The van der Waals surface area contributed by atoms with Gasteiger partial charge >= 0.3 is 0 Å². The average Bonchev–Trinajstić information content (AvgIpc) is 3.08. The van der Waals surface area contributed by atoms with Crippen LogP contribution >= 0.6 is 11.8 Å². The first-order chi connectivity index (χ1) is 14.2. The molecule has 0 aliphatic heterocycles. The quantitative estimate of drug-likeness (QED) is 0.478. The number of para-hydroxylation sites is 1. The average molecular weight is 421 g/mol. The van der Waals surface area contributed by atoms with E-state index in [-0.39, 0.29) is 11.3 Å². The first kappa shape index (κ1) is 21.4. The minimum absolute atomic E-state index is 0.0584. The normalized spacial score (nSPS) is 12.2. The van der Waals surface area contributed by atoms with Gasteiger partial charge in [0, 0.05) is 5.56 Å². The lowest BCUT2D eigenvalue weighted by Crippen LogP contribution is -2.24. The molecule has 1 atom stereocenters. The highest BCUT2D eigenvalue weighted by Crippen LogP contribution is 2.28. The van der Waals surface area contributed by atoms with Crippen LogP contribution in [-0.2, 0) is 10.2 Å². The first-order valence-electron chi connectivity index (χ1n) is 9.48. The van der Waals surface area contributed by atoms with Crippen molar-refractivity contribution in [2.24, 2.45) is 0 Å². The van der Waals surface area contributed by atoms with Crippen LogP contribution in [0.25, 0.3) is 11.4 Å². The summed E-state index contributed by atoms with van der Waals surface area (Å²) in [4.78, 5) is 12.6. The van der Waals surface area contributed by atoms with Gasteiger partial charge in [0.15, 0.2) is 5.82 Å². The summed E-state index contributed by atoms with van der Waals surface area (Å²) < 4.78 is 1.39. The second-order valence-electron chi connectivity index (χ2n) is 7.91. The second kappa shape index (κ2) is 8.59. The summed E-state index contributed by atoms with van der Waals surface area (Å²) in [5.41, 5.74) is 3.01. The SMILES string of the molecule is CC(Sc1nnc(-c2ccc(C(C)(C)C)cc2)n1N)C(=O)Nc1ccccc1C#N. The largest absolute Gasteiger partial charge is 0.335 e. The van der Waals surface area contributed by atoms with Crippen LogP contribution in [0.5, 0.6) is 0 Å². The Morgan fingerprint density at radius 3 is 2.47 bits per heavy atom. The van der Waals surface area contributed by atoms with Crippen LogP contribution in [0.15, 0.2) is 53.7 Å². The van der Waals surface area contributed by atoms with Gasteiger partial charge in [-0.2, -0.15) is 5.26 Å². The molecule has 0 bridgehead atoms. The Morgan fingerprint density at radius 2 is 1.83 bits per heavy atom. The van der Waals surface area contributed by atoms with E-state index in [1.807, 2.05) is 12.1 Å². The number of anilines is 1. The number of nitrogens with one attached hydrogen (secondary N) is 1. The van der Waals surface area contributed by atoms with Gasteiger partial charge in [-0.3, -0.25) is 4.79 Å². The molecule has 0 saturated heterocycles. The zero-order valence-corrected chi connectivity index (χ0v) is 18.2. The zero-order valence-electron chi connectivity index (χ0n) is 17.4.